The number of nitrogens with one attached hydrogen (secondary N) is 1. The Morgan fingerprint density at radius 2 is 1.91 bits per heavy atom. The molecule has 1 saturated heterocycles. The van der Waals surface area contributed by atoms with Crippen LogP contribution in [-0.4, -0.2) is 52.4 Å². The van der Waals surface area contributed by atoms with Crippen molar-refractivity contribution >= 4 is 38.1 Å². The van der Waals surface area contributed by atoms with Crippen molar-refractivity contribution in [3.8, 4) is 0 Å². The van der Waals surface area contributed by atoms with Gasteiger partial charge in [-0.2, -0.15) is 9.40 Å². The molecule has 170 valence electrons. The molecule has 1 aliphatic heterocycles. The van der Waals surface area contributed by atoms with Gasteiger partial charge in [0.25, 0.3) is 0 Å². The molecule has 0 amide bonds. The molecule has 0 unspecified atom stereocenters. The number of anilines is 2. The first-order chi connectivity index (χ1) is 15.2. The maximum Gasteiger partial charge on any atom is 0.246 e. The molecule has 0 radical (unpaired) electrons. The van der Waals surface area contributed by atoms with E-state index in [1.165, 1.54) is 27.4 Å². The SMILES string of the molecule is Cn1cc(S(=O)(=O)N2CCC(Nc3nc(N)c(C(=O)c4c(F)cccc4F)s3)CC2)cn1. The zero-order valence-electron chi connectivity index (χ0n) is 17.0. The number of carbonyl (C=O) groups excluding carboxylic acids is 1. The fourth-order valence-corrected chi connectivity index (χ4v) is 5.84. The molecule has 0 atom stereocenters. The van der Waals surface area contributed by atoms with Crippen LogP contribution < -0.4 is 11.1 Å². The summed E-state index contributed by atoms with van der Waals surface area (Å²) in [5.41, 5.74) is 5.15. The smallest absolute Gasteiger partial charge is 0.246 e. The zero-order valence-corrected chi connectivity index (χ0v) is 18.6. The second-order valence-electron chi connectivity index (χ2n) is 7.33. The summed E-state index contributed by atoms with van der Waals surface area (Å²) in [7, 11) is -1.97. The van der Waals surface area contributed by atoms with Gasteiger partial charge in [0.05, 0.1) is 11.8 Å². The van der Waals surface area contributed by atoms with Crippen molar-refractivity contribution in [3.05, 3.63) is 52.7 Å². The average Bonchev–Trinajstić information content (AvgIpc) is 3.34. The maximum absolute atomic E-state index is 14.0. The number of nitrogens with two attached hydrogens (primary N) is 1. The van der Waals surface area contributed by atoms with Crippen molar-refractivity contribution in [1.29, 1.82) is 0 Å². The number of piperidine rings is 1. The Hall–Kier alpha value is -2.90. The van der Waals surface area contributed by atoms with E-state index in [-0.39, 0.29) is 21.6 Å². The summed E-state index contributed by atoms with van der Waals surface area (Å²) >= 11 is 0.906. The molecule has 9 nitrogen and oxygen atoms in total. The van der Waals surface area contributed by atoms with Crippen molar-refractivity contribution in [2.45, 2.75) is 23.8 Å². The Morgan fingerprint density at radius 3 is 2.50 bits per heavy atom. The van der Waals surface area contributed by atoms with Gasteiger partial charge in [0.1, 0.15) is 27.2 Å². The molecule has 3 N–H and O–H groups in total. The molecule has 3 aromatic rings. The Labute approximate surface area is 186 Å². The highest BCUT2D eigenvalue weighted by Crippen LogP contribution is 2.31. The Morgan fingerprint density at radius 1 is 1.25 bits per heavy atom. The van der Waals surface area contributed by atoms with Crippen LogP contribution in [0.15, 0.2) is 35.5 Å². The van der Waals surface area contributed by atoms with Gasteiger partial charge in [-0.05, 0) is 25.0 Å². The molecular weight excluding hydrogens is 462 g/mol. The third kappa shape index (κ3) is 4.23. The fourth-order valence-electron chi connectivity index (χ4n) is 3.48. The number of nitrogen functional groups attached to an aromatic ring is 1. The van der Waals surface area contributed by atoms with E-state index < -0.39 is 33.0 Å². The number of nitrogens with zero attached hydrogens (tertiary/aromatic N) is 4. The molecule has 13 heteroatoms. The number of aromatic nitrogens is 3. The van der Waals surface area contributed by atoms with Crippen LogP contribution in [0.2, 0.25) is 0 Å². The highest BCUT2D eigenvalue weighted by Gasteiger charge is 2.31. The minimum absolute atomic E-state index is 0.0620. The fraction of sp³-hybridized carbons (Fsp3) is 0.316. The highest BCUT2D eigenvalue weighted by atomic mass is 32.2. The lowest BCUT2D eigenvalue weighted by molar-refractivity contribution is 0.103. The molecule has 2 aromatic heterocycles. The zero-order chi connectivity index (χ0) is 23.0. The lowest BCUT2D eigenvalue weighted by Crippen LogP contribution is -2.42. The van der Waals surface area contributed by atoms with E-state index in [1.54, 1.807) is 7.05 Å². The van der Waals surface area contributed by atoms with Gasteiger partial charge in [-0.25, -0.2) is 22.2 Å². The number of sulfonamides is 1. The van der Waals surface area contributed by atoms with Gasteiger partial charge >= 0.3 is 0 Å². The molecule has 0 aliphatic carbocycles. The van der Waals surface area contributed by atoms with Crippen LogP contribution in [0.3, 0.4) is 0 Å². The first kappa shape index (κ1) is 22.3. The van der Waals surface area contributed by atoms with Gasteiger partial charge < -0.3 is 11.1 Å². The number of aryl methyl sites for hydroxylation is 1. The van der Waals surface area contributed by atoms with Gasteiger partial charge in [0, 0.05) is 32.4 Å². The van der Waals surface area contributed by atoms with E-state index in [4.69, 9.17) is 5.73 Å². The molecule has 3 heterocycles. The summed E-state index contributed by atoms with van der Waals surface area (Å²) < 4.78 is 56.2. The van der Waals surface area contributed by atoms with Crippen LogP contribution in [0.1, 0.15) is 28.1 Å². The van der Waals surface area contributed by atoms with Crippen LogP contribution in [0.25, 0.3) is 0 Å². The first-order valence-electron chi connectivity index (χ1n) is 9.67. The normalized spacial score (nSPS) is 15.7. The van der Waals surface area contributed by atoms with E-state index in [1.807, 2.05) is 0 Å². The van der Waals surface area contributed by atoms with Gasteiger partial charge in [-0.15, -0.1) is 0 Å². The molecule has 0 saturated carbocycles. The van der Waals surface area contributed by atoms with Crippen LogP contribution in [0.5, 0.6) is 0 Å². The molecule has 32 heavy (non-hydrogen) atoms. The number of ketones is 1. The third-order valence-corrected chi connectivity index (χ3v) is 8.00. The highest BCUT2D eigenvalue weighted by molar-refractivity contribution is 7.89. The van der Waals surface area contributed by atoms with E-state index in [2.05, 4.69) is 15.4 Å². The Balaban J connectivity index is 1.43. The molecular formula is C19H20F2N6O3S2. The summed E-state index contributed by atoms with van der Waals surface area (Å²) in [6.07, 6.45) is 3.78. The van der Waals surface area contributed by atoms with E-state index in [9.17, 15) is 22.0 Å². The van der Waals surface area contributed by atoms with Gasteiger partial charge in [-0.3, -0.25) is 9.48 Å². The number of thiazole rings is 1. The molecule has 1 fully saturated rings. The molecule has 1 aromatic carbocycles. The van der Waals surface area contributed by atoms with Gasteiger partial charge in [0.15, 0.2) is 5.13 Å². The number of rotatable bonds is 6. The third-order valence-electron chi connectivity index (χ3n) is 5.15. The summed E-state index contributed by atoms with van der Waals surface area (Å²) in [5.74, 6) is -2.94. The van der Waals surface area contributed by atoms with Crippen molar-refractivity contribution < 1.29 is 22.0 Å². The molecule has 0 bridgehead atoms. The number of halogens is 2. The maximum atomic E-state index is 14.0. The standard InChI is InChI=1S/C19H20F2N6O3S2/c1-26-10-12(9-23-26)32(29,30)27-7-5-11(6-8-27)24-19-25-18(22)17(31-19)16(28)15-13(20)3-2-4-14(15)21/h2-4,9-11H,5-8,22H2,1H3,(H,24,25). The van der Waals surface area contributed by atoms with Gasteiger partial charge in [-0.1, -0.05) is 17.4 Å². The van der Waals surface area contributed by atoms with E-state index >= 15 is 0 Å². The Bertz CT molecular complexity index is 1250. The number of hydrogen-bond acceptors (Lipinski definition) is 8. The average molecular weight is 483 g/mol. The number of benzene rings is 1. The summed E-state index contributed by atoms with van der Waals surface area (Å²) in [4.78, 5) is 16.8. The first-order valence-corrected chi connectivity index (χ1v) is 11.9. The Kier molecular flexibility index (Phi) is 5.97. The second-order valence-corrected chi connectivity index (χ2v) is 10.3. The number of hydrogen-bond donors (Lipinski definition) is 2. The predicted molar refractivity (Wildman–Crippen MR) is 115 cm³/mol. The molecule has 4 rings (SSSR count). The quantitative estimate of drug-likeness (QED) is 0.517. The van der Waals surface area contributed by atoms with Crippen molar-refractivity contribution in [2.24, 2.45) is 7.05 Å². The van der Waals surface area contributed by atoms with Crippen LogP contribution in [0, 0.1) is 11.6 Å². The van der Waals surface area contributed by atoms with Crippen molar-refractivity contribution in [2.75, 3.05) is 24.1 Å². The van der Waals surface area contributed by atoms with E-state index in [0.717, 1.165) is 23.5 Å². The lowest BCUT2D eigenvalue weighted by Gasteiger charge is -2.31. The summed E-state index contributed by atoms with van der Waals surface area (Å²) in [6.45, 7) is 0.587. The van der Waals surface area contributed by atoms with Crippen molar-refractivity contribution in [3.63, 3.8) is 0 Å². The second kappa shape index (κ2) is 8.56. The molecule has 1 aliphatic rings. The van der Waals surface area contributed by atoms with Crippen LogP contribution in [0.4, 0.5) is 19.7 Å². The topological polar surface area (TPSA) is 123 Å². The van der Waals surface area contributed by atoms with Crippen LogP contribution >= 0.6 is 11.3 Å². The molecule has 0 spiro atoms. The van der Waals surface area contributed by atoms with E-state index in [0.29, 0.717) is 31.1 Å². The summed E-state index contributed by atoms with van der Waals surface area (Å²) in [5, 5.41) is 7.38. The largest absolute Gasteiger partial charge is 0.382 e. The predicted octanol–water partition coefficient (Wildman–Crippen LogP) is 2.23. The number of carbonyl (C=O) groups is 1. The van der Waals surface area contributed by atoms with Crippen molar-refractivity contribution in [1.82, 2.24) is 19.1 Å². The minimum Gasteiger partial charge on any atom is -0.382 e. The minimum atomic E-state index is -3.62. The monoisotopic (exact) mass is 482 g/mol. The van der Waals surface area contributed by atoms with Crippen LogP contribution in [-0.2, 0) is 17.1 Å². The summed E-state index contributed by atoms with van der Waals surface area (Å²) in [6, 6.07) is 3.07. The van der Waals surface area contributed by atoms with Gasteiger partial charge in [0.2, 0.25) is 15.8 Å². The lowest BCUT2D eigenvalue weighted by atomic mass is 10.1.